The van der Waals surface area contributed by atoms with E-state index in [1.807, 2.05) is 20.8 Å². The van der Waals surface area contributed by atoms with Crippen LogP contribution in [0.15, 0.2) is 12.3 Å². The number of nitrogens with zero attached hydrogens (tertiary/aromatic N) is 1. The van der Waals surface area contributed by atoms with Gasteiger partial charge < -0.3 is 11.1 Å². The van der Waals surface area contributed by atoms with Crippen LogP contribution in [0.4, 0.5) is 5.82 Å². The topological polar surface area (TPSA) is 68.0 Å². The molecule has 1 aromatic rings. The van der Waals surface area contributed by atoms with Crippen molar-refractivity contribution in [3.05, 3.63) is 23.4 Å². The summed E-state index contributed by atoms with van der Waals surface area (Å²) < 4.78 is 0. The maximum Gasteiger partial charge on any atom is 0.167 e. The lowest BCUT2D eigenvalue weighted by molar-refractivity contribution is 0.0982. The van der Waals surface area contributed by atoms with Gasteiger partial charge in [-0.05, 0) is 18.6 Å². The second-order valence-corrected chi connectivity index (χ2v) is 4.23. The summed E-state index contributed by atoms with van der Waals surface area (Å²) >= 11 is 0. The van der Waals surface area contributed by atoms with Gasteiger partial charge in [0.25, 0.3) is 0 Å². The van der Waals surface area contributed by atoms with Crippen LogP contribution in [0.25, 0.3) is 0 Å². The third-order valence-electron chi connectivity index (χ3n) is 2.26. The molecule has 16 heavy (non-hydrogen) atoms. The van der Waals surface area contributed by atoms with E-state index in [1.54, 1.807) is 12.3 Å². The molecule has 1 rings (SSSR count). The zero-order valence-corrected chi connectivity index (χ0v) is 10.1. The van der Waals surface area contributed by atoms with Gasteiger partial charge in [0.05, 0.1) is 5.56 Å². The first-order chi connectivity index (χ1) is 7.50. The van der Waals surface area contributed by atoms with E-state index in [4.69, 9.17) is 5.73 Å². The number of aromatic nitrogens is 1. The number of rotatable bonds is 5. The molecule has 0 unspecified atom stereocenters. The first kappa shape index (κ1) is 12.6. The second kappa shape index (κ2) is 5.61. The summed E-state index contributed by atoms with van der Waals surface area (Å²) in [4.78, 5) is 15.8. The van der Waals surface area contributed by atoms with Crippen LogP contribution in [-0.2, 0) is 0 Å². The van der Waals surface area contributed by atoms with Crippen LogP contribution >= 0.6 is 0 Å². The summed E-state index contributed by atoms with van der Waals surface area (Å²) in [5.74, 6) is 0.363. The van der Waals surface area contributed by atoms with Gasteiger partial charge in [-0.2, -0.15) is 0 Å². The van der Waals surface area contributed by atoms with Gasteiger partial charge in [0.2, 0.25) is 0 Å². The monoisotopic (exact) mass is 221 g/mol. The molecule has 0 amide bonds. The highest BCUT2D eigenvalue weighted by Crippen LogP contribution is 2.12. The van der Waals surface area contributed by atoms with E-state index in [0.29, 0.717) is 30.4 Å². The predicted octanol–water partition coefficient (Wildman–Crippen LogP) is 1.54. The van der Waals surface area contributed by atoms with Crippen molar-refractivity contribution in [2.45, 2.75) is 33.2 Å². The Morgan fingerprint density at radius 1 is 1.56 bits per heavy atom. The fraction of sp³-hybridized carbons (Fsp3) is 0.500. The van der Waals surface area contributed by atoms with Crippen molar-refractivity contribution in [1.82, 2.24) is 10.3 Å². The maximum atomic E-state index is 11.8. The number of hydrogen-bond acceptors (Lipinski definition) is 4. The minimum absolute atomic E-state index is 0.0434. The van der Waals surface area contributed by atoms with Crippen LogP contribution in [0.5, 0.6) is 0 Å². The number of Topliss-reactive ketones (excluding diaryl/α,β-unsaturated/α-hetero) is 1. The van der Waals surface area contributed by atoms with Crippen molar-refractivity contribution < 1.29 is 4.79 Å². The molecule has 88 valence electrons. The van der Waals surface area contributed by atoms with Crippen LogP contribution in [0, 0.1) is 6.92 Å². The highest BCUT2D eigenvalue weighted by atomic mass is 16.1. The molecule has 0 radical (unpaired) electrons. The molecule has 4 heteroatoms. The maximum absolute atomic E-state index is 11.8. The number of ketones is 1. The first-order valence-electron chi connectivity index (χ1n) is 5.49. The number of anilines is 1. The lowest BCUT2D eigenvalue weighted by atomic mass is 10.1. The lowest BCUT2D eigenvalue weighted by Crippen LogP contribution is -2.25. The Balaban J connectivity index is 2.62. The van der Waals surface area contributed by atoms with Crippen molar-refractivity contribution in [2.75, 3.05) is 12.3 Å². The number of pyridine rings is 1. The van der Waals surface area contributed by atoms with Crippen LogP contribution in [0.3, 0.4) is 0 Å². The highest BCUT2D eigenvalue weighted by Gasteiger charge is 2.10. The lowest BCUT2D eigenvalue weighted by Gasteiger charge is -2.08. The number of carbonyl (C=O) groups is 1. The number of carbonyl (C=O) groups excluding carboxylic acids is 1. The van der Waals surface area contributed by atoms with Gasteiger partial charge >= 0.3 is 0 Å². The molecule has 0 atom stereocenters. The molecule has 1 heterocycles. The summed E-state index contributed by atoms with van der Waals surface area (Å²) in [6.45, 7) is 6.67. The fourth-order valence-electron chi connectivity index (χ4n) is 1.41. The first-order valence-corrected chi connectivity index (χ1v) is 5.49. The fourth-order valence-corrected chi connectivity index (χ4v) is 1.41. The smallest absolute Gasteiger partial charge is 0.167 e. The predicted molar refractivity (Wildman–Crippen MR) is 65.5 cm³/mol. The minimum atomic E-state index is 0.0434. The van der Waals surface area contributed by atoms with Crippen LogP contribution in [-0.4, -0.2) is 23.4 Å². The van der Waals surface area contributed by atoms with E-state index in [2.05, 4.69) is 10.3 Å². The van der Waals surface area contributed by atoms with Crippen molar-refractivity contribution in [2.24, 2.45) is 0 Å². The molecule has 0 spiro atoms. The van der Waals surface area contributed by atoms with Gasteiger partial charge in [-0.25, -0.2) is 4.98 Å². The van der Waals surface area contributed by atoms with Crippen molar-refractivity contribution in [3.8, 4) is 0 Å². The molecule has 0 bridgehead atoms. The molecule has 0 saturated carbocycles. The molecule has 0 aliphatic rings. The van der Waals surface area contributed by atoms with Gasteiger partial charge in [-0.1, -0.05) is 13.8 Å². The van der Waals surface area contributed by atoms with E-state index in [1.165, 1.54) is 0 Å². The highest BCUT2D eigenvalue weighted by molar-refractivity contribution is 6.00. The van der Waals surface area contributed by atoms with Crippen molar-refractivity contribution in [1.29, 1.82) is 0 Å². The van der Waals surface area contributed by atoms with Crippen molar-refractivity contribution in [3.63, 3.8) is 0 Å². The van der Waals surface area contributed by atoms with E-state index in [0.717, 1.165) is 5.56 Å². The molecular formula is C12H19N3O. The molecular weight excluding hydrogens is 202 g/mol. The number of aryl methyl sites for hydroxylation is 1. The molecule has 3 N–H and O–H groups in total. The Morgan fingerprint density at radius 3 is 2.88 bits per heavy atom. The Labute approximate surface area is 96.3 Å². The summed E-state index contributed by atoms with van der Waals surface area (Å²) in [5, 5.41) is 3.20. The Hall–Kier alpha value is -1.42. The van der Waals surface area contributed by atoms with Gasteiger partial charge in [0.1, 0.15) is 5.82 Å². The van der Waals surface area contributed by atoms with Gasteiger partial charge in [0.15, 0.2) is 5.78 Å². The van der Waals surface area contributed by atoms with E-state index in [-0.39, 0.29) is 5.78 Å². The minimum Gasteiger partial charge on any atom is -0.383 e. The average Bonchev–Trinajstić information content (AvgIpc) is 2.21. The van der Waals surface area contributed by atoms with E-state index >= 15 is 0 Å². The molecule has 0 fully saturated rings. The SMILES string of the molecule is Cc1cnc(N)c(C(=O)CCNC(C)C)c1. The average molecular weight is 221 g/mol. The number of hydrogen-bond donors (Lipinski definition) is 2. The van der Waals surface area contributed by atoms with Crippen LogP contribution < -0.4 is 11.1 Å². The largest absolute Gasteiger partial charge is 0.383 e. The van der Waals surface area contributed by atoms with E-state index < -0.39 is 0 Å². The Bertz CT molecular complexity index is 375. The molecule has 0 aliphatic heterocycles. The third-order valence-corrected chi connectivity index (χ3v) is 2.26. The summed E-state index contributed by atoms with van der Waals surface area (Å²) in [7, 11) is 0. The van der Waals surface area contributed by atoms with Gasteiger partial charge in [-0.15, -0.1) is 0 Å². The Morgan fingerprint density at radius 2 is 2.25 bits per heavy atom. The van der Waals surface area contributed by atoms with Gasteiger partial charge in [-0.3, -0.25) is 4.79 Å². The number of nitrogens with one attached hydrogen (secondary N) is 1. The van der Waals surface area contributed by atoms with Crippen LogP contribution in [0.2, 0.25) is 0 Å². The molecule has 0 saturated heterocycles. The molecule has 0 aliphatic carbocycles. The molecule has 4 nitrogen and oxygen atoms in total. The zero-order valence-electron chi connectivity index (χ0n) is 10.1. The van der Waals surface area contributed by atoms with E-state index in [9.17, 15) is 4.79 Å². The summed E-state index contributed by atoms with van der Waals surface area (Å²) in [5.41, 5.74) is 7.16. The number of nitrogen functional groups attached to an aromatic ring is 1. The molecule has 0 aromatic carbocycles. The number of nitrogens with two attached hydrogens (primary N) is 1. The summed E-state index contributed by atoms with van der Waals surface area (Å²) in [6.07, 6.45) is 2.12. The standard InChI is InChI=1S/C12H19N3O/c1-8(2)14-5-4-11(16)10-6-9(3)7-15-12(10)13/h6-8,14H,4-5H2,1-3H3,(H2,13,15). The zero-order chi connectivity index (χ0) is 12.1. The molecule has 1 aromatic heterocycles. The Kier molecular flexibility index (Phi) is 4.43. The van der Waals surface area contributed by atoms with Crippen molar-refractivity contribution >= 4 is 11.6 Å². The van der Waals surface area contributed by atoms with Gasteiger partial charge in [0, 0.05) is 25.2 Å². The third kappa shape index (κ3) is 3.62. The second-order valence-electron chi connectivity index (χ2n) is 4.23. The summed E-state index contributed by atoms with van der Waals surface area (Å²) in [6, 6.07) is 2.18. The quantitative estimate of drug-likeness (QED) is 0.740. The van der Waals surface area contributed by atoms with Crippen LogP contribution in [0.1, 0.15) is 36.2 Å². The normalized spacial score (nSPS) is 10.8.